The summed E-state index contributed by atoms with van der Waals surface area (Å²) in [5.74, 6) is -0.0992. The van der Waals surface area contributed by atoms with Gasteiger partial charge in [-0.1, -0.05) is 0 Å². The first-order valence-electron chi connectivity index (χ1n) is 6.33. The fourth-order valence-electron chi connectivity index (χ4n) is 2.65. The van der Waals surface area contributed by atoms with E-state index in [2.05, 4.69) is 4.98 Å². The minimum absolute atomic E-state index is 0.0546. The van der Waals surface area contributed by atoms with Gasteiger partial charge in [-0.15, -0.1) is 0 Å². The van der Waals surface area contributed by atoms with Crippen LogP contribution in [0.15, 0.2) is 18.2 Å². The van der Waals surface area contributed by atoms with E-state index in [1.54, 1.807) is 0 Å². The summed E-state index contributed by atoms with van der Waals surface area (Å²) < 4.78 is 29.3. The zero-order valence-corrected chi connectivity index (χ0v) is 10.7. The quantitative estimate of drug-likeness (QED) is 0.858. The van der Waals surface area contributed by atoms with Crippen molar-refractivity contribution >= 4 is 0 Å². The number of hydrogen-bond donors (Lipinski definition) is 1. The van der Waals surface area contributed by atoms with Crippen molar-refractivity contribution in [3.05, 3.63) is 41.4 Å². The van der Waals surface area contributed by atoms with Gasteiger partial charge in [-0.3, -0.25) is 0 Å². The zero-order valence-electron chi connectivity index (χ0n) is 10.7. The highest BCUT2D eigenvalue weighted by Crippen LogP contribution is 2.30. The molecular weight excluding hydrogens is 248 g/mol. The Hall–Kier alpha value is -1.75. The molecule has 2 N–H and O–H groups in total. The predicted molar refractivity (Wildman–Crippen MR) is 68.6 cm³/mol. The molecule has 19 heavy (non-hydrogen) atoms. The Labute approximate surface area is 110 Å². The molecular formula is C14H15F2N3. The number of aryl methyl sites for hydroxylation is 1. The number of halogens is 2. The highest BCUT2D eigenvalue weighted by atomic mass is 19.1. The van der Waals surface area contributed by atoms with E-state index in [0.29, 0.717) is 12.1 Å². The molecule has 0 radical (unpaired) electrons. The number of nitrogens with zero attached hydrogens (tertiary/aromatic N) is 2. The second-order valence-electron chi connectivity index (χ2n) is 4.98. The highest BCUT2D eigenvalue weighted by molar-refractivity contribution is 5.63. The van der Waals surface area contributed by atoms with E-state index < -0.39 is 11.6 Å². The average molecular weight is 263 g/mol. The van der Waals surface area contributed by atoms with Gasteiger partial charge in [0.1, 0.15) is 17.5 Å². The SMILES string of the molecule is Cc1nc(-c2cc(F)ccc2F)c2n1CCC(N)C2. The van der Waals surface area contributed by atoms with Crippen molar-refractivity contribution in [2.24, 2.45) is 5.73 Å². The molecule has 2 heterocycles. The van der Waals surface area contributed by atoms with Gasteiger partial charge in [-0.2, -0.15) is 0 Å². The van der Waals surface area contributed by atoms with Crippen molar-refractivity contribution in [2.75, 3.05) is 0 Å². The zero-order chi connectivity index (χ0) is 13.6. The summed E-state index contributed by atoms with van der Waals surface area (Å²) in [6.07, 6.45) is 1.53. The Kier molecular flexibility index (Phi) is 2.86. The lowest BCUT2D eigenvalue weighted by Crippen LogP contribution is -2.31. The molecule has 0 amide bonds. The van der Waals surface area contributed by atoms with Crippen LogP contribution < -0.4 is 5.73 Å². The minimum Gasteiger partial charge on any atom is -0.332 e. The van der Waals surface area contributed by atoms with Crippen LogP contribution in [0.3, 0.4) is 0 Å². The van der Waals surface area contributed by atoms with Crippen molar-refractivity contribution in [1.29, 1.82) is 0 Å². The molecule has 1 aliphatic rings. The van der Waals surface area contributed by atoms with Gasteiger partial charge < -0.3 is 10.3 Å². The maximum absolute atomic E-state index is 13.9. The van der Waals surface area contributed by atoms with E-state index in [-0.39, 0.29) is 11.6 Å². The van der Waals surface area contributed by atoms with Crippen molar-refractivity contribution in [3.8, 4) is 11.3 Å². The number of imidazole rings is 1. The Balaban J connectivity index is 2.18. The van der Waals surface area contributed by atoms with Gasteiger partial charge in [0, 0.05) is 30.3 Å². The molecule has 0 fully saturated rings. The number of aromatic nitrogens is 2. The van der Waals surface area contributed by atoms with E-state index in [4.69, 9.17) is 5.73 Å². The third kappa shape index (κ3) is 2.04. The number of rotatable bonds is 1. The Morgan fingerprint density at radius 2 is 2.16 bits per heavy atom. The third-order valence-corrected chi connectivity index (χ3v) is 3.63. The molecule has 1 aliphatic heterocycles. The molecule has 0 spiro atoms. The smallest absolute Gasteiger partial charge is 0.132 e. The standard InChI is InChI=1S/C14H15F2N3/c1-8-18-14(11-6-9(15)2-3-12(11)16)13-7-10(17)4-5-19(8)13/h2-3,6,10H,4-5,7,17H2,1H3. The molecule has 1 atom stereocenters. The second-order valence-corrected chi connectivity index (χ2v) is 4.98. The largest absolute Gasteiger partial charge is 0.332 e. The summed E-state index contributed by atoms with van der Waals surface area (Å²) in [4.78, 5) is 4.40. The predicted octanol–water partition coefficient (Wildman–Crippen LogP) is 2.41. The highest BCUT2D eigenvalue weighted by Gasteiger charge is 2.24. The first-order chi connectivity index (χ1) is 9.06. The van der Waals surface area contributed by atoms with Crippen LogP contribution in [0.1, 0.15) is 17.9 Å². The van der Waals surface area contributed by atoms with Crippen LogP contribution >= 0.6 is 0 Å². The van der Waals surface area contributed by atoms with Crippen LogP contribution in [0, 0.1) is 18.6 Å². The number of fused-ring (bicyclic) bond motifs is 1. The summed E-state index contributed by atoms with van der Waals surface area (Å²) >= 11 is 0. The van der Waals surface area contributed by atoms with E-state index in [0.717, 1.165) is 36.6 Å². The molecule has 2 aromatic rings. The van der Waals surface area contributed by atoms with Crippen LogP contribution in [0.2, 0.25) is 0 Å². The maximum Gasteiger partial charge on any atom is 0.132 e. The monoisotopic (exact) mass is 263 g/mol. The molecule has 5 heteroatoms. The van der Waals surface area contributed by atoms with Gasteiger partial charge in [0.2, 0.25) is 0 Å². The Morgan fingerprint density at radius 3 is 2.95 bits per heavy atom. The molecule has 1 aromatic heterocycles. The molecule has 1 aromatic carbocycles. The Morgan fingerprint density at radius 1 is 1.37 bits per heavy atom. The molecule has 1 unspecified atom stereocenters. The van der Waals surface area contributed by atoms with E-state index in [1.165, 1.54) is 6.07 Å². The van der Waals surface area contributed by atoms with Gasteiger partial charge in [-0.25, -0.2) is 13.8 Å². The number of nitrogens with two attached hydrogens (primary N) is 1. The lowest BCUT2D eigenvalue weighted by atomic mass is 10.00. The van der Waals surface area contributed by atoms with E-state index in [9.17, 15) is 8.78 Å². The summed E-state index contributed by atoms with van der Waals surface area (Å²) in [6, 6.07) is 3.49. The van der Waals surface area contributed by atoms with Gasteiger partial charge in [0.25, 0.3) is 0 Å². The lowest BCUT2D eigenvalue weighted by molar-refractivity contribution is 0.465. The molecule has 0 bridgehead atoms. The van der Waals surface area contributed by atoms with E-state index in [1.807, 2.05) is 11.5 Å². The topological polar surface area (TPSA) is 43.8 Å². The lowest BCUT2D eigenvalue weighted by Gasteiger charge is -2.22. The molecule has 0 saturated carbocycles. The summed E-state index contributed by atoms with van der Waals surface area (Å²) in [5, 5.41) is 0. The van der Waals surface area contributed by atoms with Crippen molar-refractivity contribution in [2.45, 2.75) is 32.4 Å². The maximum atomic E-state index is 13.9. The van der Waals surface area contributed by atoms with Crippen molar-refractivity contribution in [3.63, 3.8) is 0 Å². The first-order valence-corrected chi connectivity index (χ1v) is 6.33. The summed E-state index contributed by atoms with van der Waals surface area (Å²) in [6.45, 7) is 2.66. The summed E-state index contributed by atoms with van der Waals surface area (Å²) in [7, 11) is 0. The van der Waals surface area contributed by atoms with Crippen LogP contribution in [0.4, 0.5) is 8.78 Å². The normalized spacial score (nSPS) is 18.4. The molecule has 0 aliphatic carbocycles. The fraction of sp³-hybridized carbons (Fsp3) is 0.357. The molecule has 0 saturated heterocycles. The van der Waals surface area contributed by atoms with Crippen molar-refractivity contribution in [1.82, 2.24) is 9.55 Å². The van der Waals surface area contributed by atoms with Crippen LogP contribution in [0.25, 0.3) is 11.3 Å². The second kappa shape index (κ2) is 4.42. The van der Waals surface area contributed by atoms with Gasteiger partial charge in [0.15, 0.2) is 0 Å². The van der Waals surface area contributed by atoms with Gasteiger partial charge >= 0.3 is 0 Å². The molecule has 3 rings (SSSR count). The first kappa shape index (κ1) is 12.3. The minimum atomic E-state index is -0.462. The molecule has 100 valence electrons. The van der Waals surface area contributed by atoms with Crippen LogP contribution in [-0.4, -0.2) is 15.6 Å². The Bertz CT molecular complexity index is 634. The van der Waals surface area contributed by atoms with Crippen molar-refractivity contribution < 1.29 is 8.78 Å². The third-order valence-electron chi connectivity index (χ3n) is 3.63. The van der Waals surface area contributed by atoms with Gasteiger partial charge in [0.05, 0.1) is 5.69 Å². The van der Waals surface area contributed by atoms with Gasteiger partial charge in [-0.05, 0) is 31.5 Å². The molecule has 3 nitrogen and oxygen atoms in total. The average Bonchev–Trinajstić information content (AvgIpc) is 2.69. The van der Waals surface area contributed by atoms with Crippen LogP contribution in [0.5, 0.6) is 0 Å². The number of hydrogen-bond acceptors (Lipinski definition) is 2. The summed E-state index contributed by atoms with van der Waals surface area (Å²) in [5.41, 5.74) is 7.60. The number of benzene rings is 1. The fourth-order valence-corrected chi connectivity index (χ4v) is 2.65. The van der Waals surface area contributed by atoms with Crippen LogP contribution in [-0.2, 0) is 13.0 Å². The van der Waals surface area contributed by atoms with E-state index >= 15 is 0 Å².